The number of aliphatic hydroxyl groups excluding tert-OH is 8. The number of hydrogen-bond acceptors (Lipinski definition) is 19. The number of carbonyl (C=O) groups excluding carboxylic acids is 3. The Balaban J connectivity index is 1.80. The standard InChI is InChI=1S/C41H72O19/c1-7-17-26(44)18-15-13-11-9-8-10-12-14-16-19-28(45)57-37-36(60-40-33(50)31(48)29(46)23(4)54-40)34(58-38(51)21(2)22(3)42)24(5)55-41(37)59-35-32(49)30(47)27(56-39(35)52)20-53-25(6)43/h21-24,26-27,29-37,39-42,44,46-50,52H,7-20H2,1-6H3/t21-,22-,23+,24+,26+,27-,29+,30-,31-,32+,33-,34-,35-,36-,37-,39?,40+,41+/m1/s1. The molecule has 3 saturated heterocycles. The van der Waals surface area contributed by atoms with Gasteiger partial charge in [0.05, 0.1) is 30.3 Å². The maximum atomic E-state index is 13.6. The van der Waals surface area contributed by atoms with Gasteiger partial charge in [-0.25, -0.2) is 0 Å². The SMILES string of the molecule is CCC[C@H](O)CCCCCCCCCCCC(=O)O[C@H]1[C@H](O[C@H]2C(O)O[C@H](COC(C)=O)[C@@H](O)[C@@H]2O)O[C@@H](C)[C@@H](OC(=O)[C@H](C)[C@@H](C)O)[C@H]1O[C@@H]1O[C@@H](C)[C@H](O)[C@@H](O)[C@H]1O. The van der Waals surface area contributed by atoms with Gasteiger partial charge in [0.2, 0.25) is 0 Å². The number of aliphatic hydroxyl groups is 8. The van der Waals surface area contributed by atoms with Gasteiger partial charge in [-0.3, -0.25) is 14.4 Å². The fourth-order valence-corrected chi connectivity index (χ4v) is 7.38. The molecule has 0 aromatic heterocycles. The monoisotopic (exact) mass is 868 g/mol. The van der Waals surface area contributed by atoms with Crippen LogP contribution in [0.1, 0.15) is 125 Å². The number of esters is 3. The number of unbranched alkanes of at least 4 members (excludes halogenated alkanes) is 8. The number of ether oxygens (including phenoxy) is 8. The Labute approximate surface area is 352 Å². The van der Waals surface area contributed by atoms with Crippen molar-refractivity contribution in [3.63, 3.8) is 0 Å². The number of carbonyl (C=O) groups is 3. The van der Waals surface area contributed by atoms with Crippen molar-refractivity contribution in [2.45, 2.75) is 229 Å². The molecular formula is C41H72O19. The molecule has 3 heterocycles. The normalized spacial score (nSPS) is 36.2. The van der Waals surface area contributed by atoms with Gasteiger partial charge >= 0.3 is 17.9 Å². The molecule has 19 heteroatoms. The van der Waals surface area contributed by atoms with Crippen LogP contribution in [0.2, 0.25) is 0 Å². The number of rotatable bonds is 24. The molecule has 0 bridgehead atoms. The molecule has 0 radical (unpaired) electrons. The molecule has 18 atom stereocenters. The molecule has 0 spiro atoms. The fraction of sp³-hybridized carbons (Fsp3) is 0.927. The van der Waals surface area contributed by atoms with Crippen molar-refractivity contribution in [1.29, 1.82) is 0 Å². The predicted molar refractivity (Wildman–Crippen MR) is 208 cm³/mol. The lowest BCUT2D eigenvalue weighted by Gasteiger charge is -2.49. The summed E-state index contributed by atoms with van der Waals surface area (Å²) in [5.74, 6) is -3.39. The van der Waals surface area contributed by atoms with E-state index in [4.69, 9.17) is 37.9 Å². The first kappa shape index (κ1) is 52.2. The predicted octanol–water partition coefficient (Wildman–Crippen LogP) is 0.624. The van der Waals surface area contributed by atoms with Crippen LogP contribution in [0.5, 0.6) is 0 Å². The van der Waals surface area contributed by atoms with E-state index in [1.807, 2.05) is 0 Å². The topological polar surface area (TPSA) is 287 Å². The smallest absolute Gasteiger partial charge is 0.311 e. The van der Waals surface area contributed by atoms with Gasteiger partial charge in [-0.2, -0.15) is 0 Å². The summed E-state index contributed by atoms with van der Waals surface area (Å²) >= 11 is 0. The maximum Gasteiger partial charge on any atom is 0.311 e. The Hall–Kier alpha value is -2.11. The fourth-order valence-electron chi connectivity index (χ4n) is 7.38. The molecule has 3 fully saturated rings. The minimum absolute atomic E-state index is 0.0755. The van der Waals surface area contributed by atoms with E-state index in [1.54, 1.807) is 0 Å². The van der Waals surface area contributed by atoms with E-state index in [1.165, 1.54) is 27.7 Å². The van der Waals surface area contributed by atoms with E-state index in [-0.39, 0.29) is 12.5 Å². The highest BCUT2D eigenvalue weighted by Crippen LogP contribution is 2.35. The van der Waals surface area contributed by atoms with Gasteiger partial charge in [-0.05, 0) is 47.0 Å². The molecular weight excluding hydrogens is 796 g/mol. The van der Waals surface area contributed by atoms with Crippen LogP contribution in [0, 0.1) is 5.92 Å². The Kier molecular flexibility index (Phi) is 22.5. The zero-order chi connectivity index (χ0) is 44.7. The van der Waals surface area contributed by atoms with E-state index >= 15 is 0 Å². The van der Waals surface area contributed by atoms with E-state index in [2.05, 4.69) is 6.92 Å². The van der Waals surface area contributed by atoms with Crippen molar-refractivity contribution in [2.75, 3.05) is 6.61 Å². The zero-order valence-electron chi connectivity index (χ0n) is 35.9. The van der Waals surface area contributed by atoms with Crippen LogP contribution in [0.25, 0.3) is 0 Å². The second kappa shape index (κ2) is 25.9. The summed E-state index contributed by atoms with van der Waals surface area (Å²) in [6.45, 7) is 8.34. The highest BCUT2D eigenvalue weighted by atomic mass is 16.8. The minimum atomic E-state index is -1.94. The third kappa shape index (κ3) is 15.6. The largest absolute Gasteiger partial charge is 0.463 e. The Bertz CT molecular complexity index is 1270. The highest BCUT2D eigenvalue weighted by molar-refractivity contribution is 5.73. The van der Waals surface area contributed by atoms with Crippen molar-refractivity contribution in [2.24, 2.45) is 5.92 Å². The van der Waals surface area contributed by atoms with Gasteiger partial charge in [0.1, 0.15) is 55.4 Å². The molecule has 3 aliphatic rings. The lowest BCUT2D eigenvalue weighted by molar-refractivity contribution is -0.379. The van der Waals surface area contributed by atoms with Crippen molar-refractivity contribution >= 4 is 17.9 Å². The first-order valence-corrected chi connectivity index (χ1v) is 21.6. The molecule has 0 aliphatic carbocycles. The summed E-state index contributed by atoms with van der Waals surface area (Å²) < 4.78 is 45.9. The molecule has 3 aliphatic heterocycles. The van der Waals surface area contributed by atoms with Crippen LogP contribution in [-0.2, 0) is 52.3 Å². The Morgan fingerprint density at radius 1 is 0.617 bits per heavy atom. The van der Waals surface area contributed by atoms with Crippen LogP contribution in [0.4, 0.5) is 0 Å². The molecule has 0 aromatic carbocycles. The summed E-state index contributed by atoms with van der Waals surface area (Å²) in [5, 5.41) is 84.7. The van der Waals surface area contributed by atoms with Crippen molar-refractivity contribution in [1.82, 2.24) is 0 Å². The first-order chi connectivity index (χ1) is 28.4. The summed E-state index contributed by atoms with van der Waals surface area (Å²) in [6.07, 6.45) is -14.8. The molecule has 0 amide bonds. The minimum Gasteiger partial charge on any atom is -0.463 e. The lowest BCUT2D eigenvalue weighted by atomic mass is 9.96. The third-order valence-electron chi connectivity index (χ3n) is 11.4. The average molecular weight is 869 g/mol. The molecule has 350 valence electrons. The molecule has 1 unspecified atom stereocenters. The Morgan fingerprint density at radius 2 is 1.20 bits per heavy atom. The molecule has 8 N–H and O–H groups in total. The van der Waals surface area contributed by atoms with E-state index in [0.717, 1.165) is 71.1 Å². The summed E-state index contributed by atoms with van der Waals surface area (Å²) in [4.78, 5) is 38.2. The average Bonchev–Trinajstić information content (AvgIpc) is 3.19. The van der Waals surface area contributed by atoms with Crippen molar-refractivity contribution in [3.05, 3.63) is 0 Å². The molecule has 19 nitrogen and oxygen atoms in total. The highest BCUT2D eigenvalue weighted by Gasteiger charge is 2.56. The maximum absolute atomic E-state index is 13.6. The van der Waals surface area contributed by atoms with Gasteiger partial charge in [-0.1, -0.05) is 64.7 Å². The second-order valence-electron chi connectivity index (χ2n) is 16.5. The van der Waals surface area contributed by atoms with Crippen LogP contribution in [0.15, 0.2) is 0 Å². The van der Waals surface area contributed by atoms with Gasteiger partial charge in [0.15, 0.2) is 31.1 Å². The van der Waals surface area contributed by atoms with Crippen LogP contribution in [0.3, 0.4) is 0 Å². The van der Waals surface area contributed by atoms with E-state index in [0.29, 0.717) is 12.8 Å². The lowest BCUT2D eigenvalue weighted by Crippen LogP contribution is -2.67. The van der Waals surface area contributed by atoms with E-state index in [9.17, 15) is 55.2 Å². The second-order valence-corrected chi connectivity index (χ2v) is 16.5. The van der Waals surface area contributed by atoms with Crippen molar-refractivity contribution in [3.8, 4) is 0 Å². The summed E-state index contributed by atoms with van der Waals surface area (Å²) in [7, 11) is 0. The quantitative estimate of drug-likeness (QED) is 0.0375. The molecule has 0 aromatic rings. The third-order valence-corrected chi connectivity index (χ3v) is 11.4. The van der Waals surface area contributed by atoms with Gasteiger partial charge in [0.25, 0.3) is 0 Å². The summed E-state index contributed by atoms with van der Waals surface area (Å²) in [5.41, 5.74) is 0. The summed E-state index contributed by atoms with van der Waals surface area (Å²) in [6, 6.07) is 0. The molecule has 0 saturated carbocycles. The van der Waals surface area contributed by atoms with E-state index < -0.39 is 129 Å². The zero-order valence-corrected chi connectivity index (χ0v) is 35.9. The number of hydrogen-bond donors (Lipinski definition) is 8. The van der Waals surface area contributed by atoms with Gasteiger partial charge in [-0.15, -0.1) is 0 Å². The molecule has 3 rings (SSSR count). The first-order valence-electron chi connectivity index (χ1n) is 21.6. The van der Waals surface area contributed by atoms with Crippen LogP contribution >= 0.6 is 0 Å². The van der Waals surface area contributed by atoms with Crippen LogP contribution in [-0.4, -0.2) is 170 Å². The van der Waals surface area contributed by atoms with Crippen molar-refractivity contribution < 1.29 is 93.1 Å². The molecule has 60 heavy (non-hydrogen) atoms. The van der Waals surface area contributed by atoms with Gasteiger partial charge in [0, 0.05) is 13.3 Å². The van der Waals surface area contributed by atoms with Gasteiger partial charge < -0.3 is 78.7 Å². The van der Waals surface area contributed by atoms with Crippen LogP contribution < -0.4 is 0 Å². The Morgan fingerprint density at radius 3 is 1.80 bits per heavy atom.